The summed E-state index contributed by atoms with van der Waals surface area (Å²) in [6, 6.07) is 28.0. The number of carbonyl (C=O) groups is 1. The van der Waals surface area contributed by atoms with Crippen LogP contribution in [0.4, 0.5) is 0 Å². The number of benzene rings is 3. The minimum atomic E-state index is -0.229. The van der Waals surface area contributed by atoms with Crippen molar-refractivity contribution in [3.63, 3.8) is 0 Å². The maximum Gasteiger partial charge on any atom is 0.273 e. The Morgan fingerprint density at radius 2 is 1.55 bits per heavy atom. The summed E-state index contributed by atoms with van der Waals surface area (Å²) in [6.07, 6.45) is 1.41. The second-order valence-corrected chi connectivity index (χ2v) is 7.68. The van der Waals surface area contributed by atoms with Gasteiger partial charge in [-0.05, 0) is 42.3 Å². The molecule has 6 heteroatoms. The van der Waals surface area contributed by atoms with Crippen molar-refractivity contribution in [2.45, 2.75) is 26.6 Å². The predicted molar refractivity (Wildman–Crippen MR) is 127 cm³/mol. The van der Waals surface area contributed by atoms with Gasteiger partial charge in [-0.3, -0.25) is 9.69 Å². The van der Waals surface area contributed by atoms with E-state index in [1.54, 1.807) is 0 Å². The van der Waals surface area contributed by atoms with Gasteiger partial charge in [-0.25, -0.2) is 4.98 Å². The SMILES string of the molecule is CCNC(=O)c1coc(CN(Cc2ccccc2)Cc2cccc(Oc3ccccc3)c2)n1. The van der Waals surface area contributed by atoms with E-state index in [0.29, 0.717) is 37.8 Å². The van der Waals surface area contributed by atoms with E-state index >= 15 is 0 Å². The minimum absolute atomic E-state index is 0.229. The molecular formula is C27H27N3O3. The number of carbonyl (C=O) groups excluding carboxylic acids is 1. The molecule has 0 radical (unpaired) electrons. The molecule has 1 heterocycles. The van der Waals surface area contributed by atoms with E-state index in [9.17, 15) is 4.79 Å². The highest BCUT2D eigenvalue weighted by Gasteiger charge is 2.15. The number of para-hydroxylation sites is 1. The third kappa shape index (κ3) is 6.54. The van der Waals surface area contributed by atoms with Crippen LogP contribution in [0.2, 0.25) is 0 Å². The zero-order chi connectivity index (χ0) is 22.9. The van der Waals surface area contributed by atoms with Crippen molar-refractivity contribution in [3.05, 3.63) is 114 Å². The van der Waals surface area contributed by atoms with Gasteiger partial charge >= 0.3 is 0 Å². The van der Waals surface area contributed by atoms with Crippen molar-refractivity contribution in [3.8, 4) is 11.5 Å². The average molecular weight is 442 g/mol. The van der Waals surface area contributed by atoms with Gasteiger partial charge < -0.3 is 14.5 Å². The highest BCUT2D eigenvalue weighted by Crippen LogP contribution is 2.23. The largest absolute Gasteiger partial charge is 0.457 e. The Morgan fingerprint density at radius 1 is 0.879 bits per heavy atom. The maximum atomic E-state index is 12.1. The molecule has 4 rings (SSSR count). The van der Waals surface area contributed by atoms with Crippen molar-refractivity contribution >= 4 is 5.91 Å². The van der Waals surface area contributed by atoms with Crippen molar-refractivity contribution in [2.24, 2.45) is 0 Å². The second kappa shape index (κ2) is 11.1. The highest BCUT2D eigenvalue weighted by molar-refractivity contribution is 5.91. The molecule has 1 N–H and O–H groups in total. The number of nitrogens with one attached hydrogen (secondary N) is 1. The molecule has 0 spiro atoms. The van der Waals surface area contributed by atoms with Crippen LogP contribution in [0.5, 0.6) is 11.5 Å². The Balaban J connectivity index is 1.50. The molecule has 0 unspecified atom stereocenters. The van der Waals surface area contributed by atoms with Crippen LogP contribution >= 0.6 is 0 Å². The molecule has 1 amide bonds. The Bertz CT molecular complexity index is 1160. The fourth-order valence-electron chi connectivity index (χ4n) is 3.53. The lowest BCUT2D eigenvalue weighted by atomic mass is 10.1. The number of rotatable bonds is 10. The highest BCUT2D eigenvalue weighted by atomic mass is 16.5. The van der Waals surface area contributed by atoms with Crippen LogP contribution in [0.25, 0.3) is 0 Å². The zero-order valence-corrected chi connectivity index (χ0v) is 18.6. The molecule has 0 aliphatic heterocycles. The summed E-state index contributed by atoms with van der Waals surface area (Å²) in [6.45, 7) is 4.26. The molecule has 3 aromatic carbocycles. The lowest BCUT2D eigenvalue weighted by Crippen LogP contribution is -2.24. The number of nitrogens with zero attached hydrogens (tertiary/aromatic N) is 2. The van der Waals surface area contributed by atoms with Crippen molar-refractivity contribution in [2.75, 3.05) is 6.54 Å². The van der Waals surface area contributed by atoms with Gasteiger partial charge in [-0.1, -0.05) is 60.7 Å². The molecule has 0 bridgehead atoms. The van der Waals surface area contributed by atoms with Gasteiger partial charge in [0.25, 0.3) is 5.91 Å². The van der Waals surface area contributed by atoms with Crippen LogP contribution in [0, 0.1) is 0 Å². The number of amides is 1. The van der Waals surface area contributed by atoms with Gasteiger partial charge in [0.1, 0.15) is 17.8 Å². The Labute approximate surface area is 193 Å². The smallest absolute Gasteiger partial charge is 0.273 e. The van der Waals surface area contributed by atoms with Crippen LogP contribution in [0.3, 0.4) is 0 Å². The van der Waals surface area contributed by atoms with Gasteiger partial charge in [0.05, 0.1) is 6.54 Å². The van der Waals surface area contributed by atoms with Crippen molar-refractivity contribution in [1.29, 1.82) is 0 Å². The van der Waals surface area contributed by atoms with Gasteiger partial charge in [-0.2, -0.15) is 0 Å². The second-order valence-electron chi connectivity index (χ2n) is 7.68. The van der Waals surface area contributed by atoms with E-state index in [-0.39, 0.29) is 5.91 Å². The number of hydrogen-bond donors (Lipinski definition) is 1. The van der Waals surface area contributed by atoms with E-state index in [1.807, 2.05) is 73.7 Å². The standard InChI is InChI=1S/C27H27N3O3/c1-2-28-27(31)25-20-32-26(29-25)19-30(17-21-10-5-3-6-11-21)18-22-12-9-15-24(16-22)33-23-13-7-4-8-14-23/h3-16,20H,2,17-19H2,1H3,(H,28,31). The Kier molecular flexibility index (Phi) is 7.51. The summed E-state index contributed by atoms with van der Waals surface area (Å²) in [5, 5.41) is 2.75. The lowest BCUT2D eigenvalue weighted by molar-refractivity contribution is 0.0950. The van der Waals surface area contributed by atoms with E-state index in [2.05, 4.69) is 33.4 Å². The Hall–Kier alpha value is -3.90. The molecule has 0 atom stereocenters. The normalized spacial score (nSPS) is 10.8. The third-order valence-corrected chi connectivity index (χ3v) is 5.01. The molecule has 168 valence electrons. The molecule has 0 saturated carbocycles. The molecule has 6 nitrogen and oxygen atoms in total. The van der Waals surface area contributed by atoms with Gasteiger partial charge in [0.15, 0.2) is 5.69 Å². The van der Waals surface area contributed by atoms with Gasteiger partial charge in [-0.15, -0.1) is 0 Å². The van der Waals surface area contributed by atoms with Crippen LogP contribution < -0.4 is 10.1 Å². The quantitative estimate of drug-likeness (QED) is 0.356. The molecule has 0 aliphatic rings. The lowest BCUT2D eigenvalue weighted by Gasteiger charge is -2.21. The first-order valence-electron chi connectivity index (χ1n) is 11.0. The van der Waals surface area contributed by atoms with Crippen LogP contribution in [-0.4, -0.2) is 22.3 Å². The molecule has 33 heavy (non-hydrogen) atoms. The van der Waals surface area contributed by atoms with E-state index in [1.165, 1.54) is 11.8 Å². The van der Waals surface area contributed by atoms with Crippen LogP contribution in [-0.2, 0) is 19.6 Å². The summed E-state index contributed by atoms with van der Waals surface area (Å²) in [5.74, 6) is 1.86. The third-order valence-electron chi connectivity index (χ3n) is 5.01. The summed E-state index contributed by atoms with van der Waals surface area (Å²) in [5.41, 5.74) is 2.59. The topological polar surface area (TPSA) is 67.6 Å². The molecule has 0 aliphatic carbocycles. The maximum absolute atomic E-state index is 12.1. The molecular weight excluding hydrogens is 414 g/mol. The van der Waals surface area contributed by atoms with Gasteiger partial charge in [0.2, 0.25) is 5.89 Å². The van der Waals surface area contributed by atoms with Crippen molar-refractivity contribution in [1.82, 2.24) is 15.2 Å². The van der Waals surface area contributed by atoms with E-state index in [0.717, 1.165) is 17.1 Å². The van der Waals surface area contributed by atoms with Crippen LogP contribution in [0.15, 0.2) is 95.6 Å². The summed E-state index contributed by atoms with van der Waals surface area (Å²) >= 11 is 0. The molecule has 0 fully saturated rings. The molecule has 1 aromatic heterocycles. The predicted octanol–water partition coefficient (Wildman–Crippen LogP) is 5.42. The number of ether oxygens (including phenoxy) is 1. The first kappa shape index (κ1) is 22.3. The fraction of sp³-hybridized carbons (Fsp3) is 0.185. The number of oxazole rings is 1. The number of hydrogen-bond acceptors (Lipinski definition) is 5. The Morgan fingerprint density at radius 3 is 2.30 bits per heavy atom. The first-order chi connectivity index (χ1) is 16.2. The van der Waals surface area contributed by atoms with E-state index < -0.39 is 0 Å². The minimum Gasteiger partial charge on any atom is -0.457 e. The zero-order valence-electron chi connectivity index (χ0n) is 18.6. The van der Waals surface area contributed by atoms with Crippen LogP contribution in [0.1, 0.15) is 34.4 Å². The summed E-state index contributed by atoms with van der Waals surface area (Å²) in [7, 11) is 0. The number of aromatic nitrogens is 1. The monoisotopic (exact) mass is 441 g/mol. The fourth-order valence-corrected chi connectivity index (χ4v) is 3.53. The summed E-state index contributed by atoms with van der Waals surface area (Å²) in [4.78, 5) is 18.7. The van der Waals surface area contributed by atoms with Crippen molar-refractivity contribution < 1.29 is 13.9 Å². The summed E-state index contributed by atoms with van der Waals surface area (Å²) < 4.78 is 11.6. The van der Waals surface area contributed by atoms with Gasteiger partial charge in [0, 0.05) is 19.6 Å². The first-order valence-corrected chi connectivity index (χ1v) is 11.0. The van der Waals surface area contributed by atoms with E-state index in [4.69, 9.17) is 9.15 Å². The average Bonchev–Trinajstić information content (AvgIpc) is 3.29. The molecule has 0 saturated heterocycles. The molecule has 4 aromatic rings.